The fourth-order valence-electron chi connectivity index (χ4n) is 3.11. The lowest BCUT2D eigenvalue weighted by Gasteiger charge is -2.30. The van der Waals surface area contributed by atoms with E-state index in [4.69, 9.17) is 0 Å². The van der Waals surface area contributed by atoms with Crippen LogP contribution in [-0.4, -0.2) is 6.54 Å². The minimum absolute atomic E-state index is 0.0791. The molecule has 1 nitrogen and oxygen atoms in total. The van der Waals surface area contributed by atoms with E-state index in [0.29, 0.717) is 11.0 Å². The van der Waals surface area contributed by atoms with Gasteiger partial charge in [-0.2, -0.15) is 0 Å². The van der Waals surface area contributed by atoms with Gasteiger partial charge in [0.25, 0.3) is 0 Å². The molecule has 1 N–H and O–H groups in total. The van der Waals surface area contributed by atoms with E-state index in [1.807, 2.05) is 6.92 Å². The standard InChI is InChI=1S/C16H23F2N/c1-3-16(8-4-5-9-16)11-19-12(2)14-7-6-13(17)10-15(14)18/h6-7,10,12,19H,3-5,8-9,11H2,1-2H3. The van der Waals surface area contributed by atoms with Gasteiger partial charge in [0, 0.05) is 24.2 Å². The molecule has 0 aliphatic heterocycles. The van der Waals surface area contributed by atoms with Crippen molar-refractivity contribution >= 4 is 0 Å². The van der Waals surface area contributed by atoms with Crippen LogP contribution in [0.1, 0.15) is 57.6 Å². The first-order chi connectivity index (χ1) is 9.06. The largest absolute Gasteiger partial charge is 0.310 e. The van der Waals surface area contributed by atoms with Gasteiger partial charge in [0.15, 0.2) is 0 Å². The van der Waals surface area contributed by atoms with Crippen LogP contribution < -0.4 is 5.32 Å². The topological polar surface area (TPSA) is 12.0 Å². The van der Waals surface area contributed by atoms with Crippen molar-refractivity contribution in [1.82, 2.24) is 5.32 Å². The highest BCUT2D eigenvalue weighted by molar-refractivity contribution is 5.21. The maximum Gasteiger partial charge on any atom is 0.130 e. The van der Waals surface area contributed by atoms with E-state index in [1.54, 1.807) is 0 Å². The van der Waals surface area contributed by atoms with E-state index in [9.17, 15) is 8.78 Å². The van der Waals surface area contributed by atoms with E-state index in [2.05, 4.69) is 12.2 Å². The van der Waals surface area contributed by atoms with Crippen molar-refractivity contribution in [3.63, 3.8) is 0 Å². The minimum Gasteiger partial charge on any atom is -0.310 e. The molecule has 1 aromatic carbocycles. The van der Waals surface area contributed by atoms with Crippen LogP contribution in [0.15, 0.2) is 18.2 Å². The molecule has 0 spiro atoms. The third-order valence-corrected chi connectivity index (χ3v) is 4.63. The summed E-state index contributed by atoms with van der Waals surface area (Å²) in [6.45, 7) is 5.09. The number of rotatable bonds is 5. The lowest BCUT2D eigenvalue weighted by molar-refractivity contribution is 0.258. The first-order valence-electron chi connectivity index (χ1n) is 7.25. The molecule has 1 saturated carbocycles. The van der Waals surface area contributed by atoms with Gasteiger partial charge in [-0.1, -0.05) is 25.8 Å². The molecule has 0 amide bonds. The van der Waals surface area contributed by atoms with Crippen LogP contribution >= 0.6 is 0 Å². The molecule has 1 atom stereocenters. The molecule has 1 unspecified atom stereocenters. The first-order valence-corrected chi connectivity index (χ1v) is 7.25. The summed E-state index contributed by atoms with van der Waals surface area (Å²) in [4.78, 5) is 0. The number of nitrogens with one attached hydrogen (secondary N) is 1. The molecule has 0 bridgehead atoms. The first kappa shape index (κ1) is 14.4. The fourth-order valence-corrected chi connectivity index (χ4v) is 3.11. The van der Waals surface area contributed by atoms with Crippen molar-refractivity contribution in [3.05, 3.63) is 35.4 Å². The molecule has 0 aromatic heterocycles. The smallest absolute Gasteiger partial charge is 0.130 e. The number of hydrogen-bond donors (Lipinski definition) is 1. The van der Waals surface area contributed by atoms with E-state index in [-0.39, 0.29) is 6.04 Å². The quantitative estimate of drug-likeness (QED) is 0.823. The molecule has 0 heterocycles. The lowest BCUT2D eigenvalue weighted by atomic mass is 9.83. The molecule has 106 valence electrons. The SMILES string of the molecule is CCC1(CNC(C)c2ccc(F)cc2F)CCCC1. The molecule has 2 rings (SSSR count). The molecule has 1 aliphatic rings. The van der Waals surface area contributed by atoms with Gasteiger partial charge < -0.3 is 5.32 Å². The van der Waals surface area contributed by atoms with Crippen LogP contribution in [0.3, 0.4) is 0 Å². The summed E-state index contributed by atoms with van der Waals surface area (Å²) in [5.74, 6) is -0.980. The average Bonchev–Trinajstić information content (AvgIpc) is 2.85. The van der Waals surface area contributed by atoms with E-state index < -0.39 is 11.6 Å². The third-order valence-electron chi connectivity index (χ3n) is 4.63. The normalized spacial score (nSPS) is 19.6. The molecule has 0 radical (unpaired) electrons. The third kappa shape index (κ3) is 3.33. The predicted molar refractivity (Wildman–Crippen MR) is 74.0 cm³/mol. The summed E-state index contributed by atoms with van der Waals surface area (Å²) in [6, 6.07) is 3.74. The zero-order valence-electron chi connectivity index (χ0n) is 11.8. The van der Waals surface area contributed by atoms with Crippen LogP contribution in [0, 0.1) is 17.0 Å². The summed E-state index contributed by atoms with van der Waals surface area (Å²) in [5, 5.41) is 3.43. The second-order valence-corrected chi connectivity index (χ2v) is 5.83. The van der Waals surface area contributed by atoms with E-state index >= 15 is 0 Å². The van der Waals surface area contributed by atoms with Crippen molar-refractivity contribution < 1.29 is 8.78 Å². The molecule has 1 fully saturated rings. The molecular formula is C16H23F2N. The van der Waals surface area contributed by atoms with Crippen molar-refractivity contribution in [2.45, 2.75) is 52.0 Å². The van der Waals surface area contributed by atoms with E-state index in [1.165, 1.54) is 44.2 Å². The van der Waals surface area contributed by atoms with Crippen LogP contribution in [-0.2, 0) is 0 Å². The molecule has 3 heteroatoms. The Morgan fingerprint density at radius 2 is 1.95 bits per heavy atom. The summed E-state index contributed by atoms with van der Waals surface area (Å²) in [5.41, 5.74) is 0.927. The Kier molecular flexibility index (Phi) is 4.56. The Balaban J connectivity index is 1.99. The van der Waals surface area contributed by atoms with Crippen LogP contribution in [0.4, 0.5) is 8.78 Å². The highest BCUT2D eigenvalue weighted by atomic mass is 19.1. The number of benzene rings is 1. The second kappa shape index (κ2) is 6.00. The van der Waals surface area contributed by atoms with Gasteiger partial charge >= 0.3 is 0 Å². The monoisotopic (exact) mass is 267 g/mol. The van der Waals surface area contributed by atoms with Crippen LogP contribution in [0.2, 0.25) is 0 Å². The molecule has 1 aromatic rings. The highest BCUT2D eigenvalue weighted by Gasteiger charge is 2.32. The Morgan fingerprint density at radius 1 is 1.26 bits per heavy atom. The van der Waals surface area contributed by atoms with Gasteiger partial charge in [0.1, 0.15) is 11.6 Å². The molecule has 1 aliphatic carbocycles. The summed E-state index contributed by atoms with van der Waals surface area (Å²) in [7, 11) is 0. The maximum absolute atomic E-state index is 13.7. The summed E-state index contributed by atoms with van der Waals surface area (Å²) >= 11 is 0. The van der Waals surface area contributed by atoms with Crippen molar-refractivity contribution in [2.75, 3.05) is 6.54 Å². The zero-order valence-corrected chi connectivity index (χ0v) is 11.8. The van der Waals surface area contributed by atoms with Gasteiger partial charge in [-0.3, -0.25) is 0 Å². The molecular weight excluding hydrogens is 244 g/mol. The van der Waals surface area contributed by atoms with Gasteiger partial charge in [-0.25, -0.2) is 8.78 Å². The number of halogens is 2. The molecule has 19 heavy (non-hydrogen) atoms. The van der Waals surface area contributed by atoms with Gasteiger partial charge in [-0.05, 0) is 37.7 Å². The maximum atomic E-state index is 13.7. The minimum atomic E-state index is -0.519. The Morgan fingerprint density at radius 3 is 2.53 bits per heavy atom. The Labute approximate surface area is 114 Å². The van der Waals surface area contributed by atoms with Gasteiger partial charge in [-0.15, -0.1) is 0 Å². The fraction of sp³-hybridized carbons (Fsp3) is 0.625. The number of hydrogen-bond acceptors (Lipinski definition) is 1. The van der Waals surface area contributed by atoms with Crippen LogP contribution in [0.5, 0.6) is 0 Å². The summed E-state index contributed by atoms with van der Waals surface area (Å²) in [6.07, 6.45) is 6.28. The van der Waals surface area contributed by atoms with Crippen molar-refractivity contribution in [2.24, 2.45) is 5.41 Å². The summed E-state index contributed by atoms with van der Waals surface area (Å²) < 4.78 is 26.6. The second-order valence-electron chi connectivity index (χ2n) is 5.83. The Hall–Kier alpha value is -0.960. The zero-order chi connectivity index (χ0) is 13.9. The van der Waals surface area contributed by atoms with E-state index in [0.717, 1.165) is 12.6 Å². The van der Waals surface area contributed by atoms with Crippen molar-refractivity contribution in [3.8, 4) is 0 Å². The Bertz CT molecular complexity index is 425. The van der Waals surface area contributed by atoms with Crippen LogP contribution in [0.25, 0.3) is 0 Å². The van der Waals surface area contributed by atoms with Crippen molar-refractivity contribution in [1.29, 1.82) is 0 Å². The highest BCUT2D eigenvalue weighted by Crippen LogP contribution is 2.40. The lowest BCUT2D eigenvalue weighted by Crippen LogP contribution is -2.33. The van der Waals surface area contributed by atoms with Gasteiger partial charge in [0.05, 0.1) is 0 Å². The average molecular weight is 267 g/mol. The molecule has 0 saturated heterocycles. The predicted octanol–water partition coefficient (Wildman–Crippen LogP) is 4.59. The van der Waals surface area contributed by atoms with Gasteiger partial charge in [0.2, 0.25) is 0 Å².